The average molecular weight is 394 g/mol. The molecule has 1 aliphatic heterocycles. The van der Waals surface area contributed by atoms with Gasteiger partial charge in [0.05, 0.1) is 5.69 Å². The van der Waals surface area contributed by atoms with Gasteiger partial charge in [-0.2, -0.15) is 0 Å². The zero-order valence-corrected chi connectivity index (χ0v) is 16.3. The van der Waals surface area contributed by atoms with Crippen LogP contribution in [0.5, 0.6) is 0 Å². The topological polar surface area (TPSA) is 57.6 Å². The van der Waals surface area contributed by atoms with Crippen molar-refractivity contribution in [2.24, 2.45) is 0 Å². The van der Waals surface area contributed by atoms with E-state index >= 15 is 0 Å². The third-order valence-electron chi connectivity index (χ3n) is 5.25. The molecular formula is C22H23FN4O2. The van der Waals surface area contributed by atoms with E-state index in [2.05, 4.69) is 28.1 Å². The van der Waals surface area contributed by atoms with Crippen molar-refractivity contribution in [1.82, 2.24) is 14.8 Å². The Kier molecular flexibility index (Phi) is 5.20. The molecule has 1 aromatic heterocycles. The highest BCUT2D eigenvalue weighted by Crippen LogP contribution is 2.23. The van der Waals surface area contributed by atoms with Crippen molar-refractivity contribution in [1.29, 1.82) is 0 Å². The van der Waals surface area contributed by atoms with Gasteiger partial charge in [0, 0.05) is 37.4 Å². The van der Waals surface area contributed by atoms with Crippen LogP contribution < -0.4 is 10.2 Å². The van der Waals surface area contributed by atoms with Gasteiger partial charge in [0.1, 0.15) is 12.4 Å². The number of para-hydroxylation sites is 2. The van der Waals surface area contributed by atoms with Gasteiger partial charge in [-0.1, -0.05) is 30.3 Å². The van der Waals surface area contributed by atoms with E-state index < -0.39 is 5.82 Å². The van der Waals surface area contributed by atoms with Gasteiger partial charge in [0.25, 0.3) is 0 Å². The third-order valence-corrected chi connectivity index (χ3v) is 5.25. The number of nitrogens with zero attached hydrogens (tertiary/aromatic N) is 3. The number of urea groups is 1. The van der Waals surface area contributed by atoms with Gasteiger partial charge in [0.15, 0.2) is 0 Å². The van der Waals surface area contributed by atoms with E-state index in [9.17, 15) is 14.0 Å². The maximum Gasteiger partial charge on any atom is 0.325 e. The number of hydrogen-bond donors (Lipinski definition) is 1. The lowest BCUT2D eigenvalue weighted by Crippen LogP contribution is -2.40. The lowest BCUT2D eigenvalue weighted by Gasteiger charge is -2.19. The molecule has 3 amide bonds. The van der Waals surface area contributed by atoms with E-state index in [1.165, 1.54) is 21.3 Å². The monoisotopic (exact) mass is 394 g/mol. The van der Waals surface area contributed by atoms with E-state index in [0.29, 0.717) is 26.2 Å². The number of aryl methyl sites for hydroxylation is 1. The van der Waals surface area contributed by atoms with Crippen molar-refractivity contribution in [3.8, 4) is 0 Å². The third kappa shape index (κ3) is 3.81. The number of benzene rings is 2. The summed E-state index contributed by atoms with van der Waals surface area (Å²) in [6, 6.07) is 16.1. The minimum atomic E-state index is -0.443. The highest BCUT2D eigenvalue weighted by atomic mass is 19.1. The summed E-state index contributed by atoms with van der Waals surface area (Å²) in [5, 5.41) is 4.05. The van der Waals surface area contributed by atoms with E-state index in [4.69, 9.17) is 0 Å². The molecule has 0 spiro atoms. The minimum absolute atomic E-state index is 0.0325. The summed E-state index contributed by atoms with van der Waals surface area (Å²) in [7, 11) is 0. The Morgan fingerprint density at radius 1 is 1.10 bits per heavy atom. The molecule has 1 saturated heterocycles. The second kappa shape index (κ2) is 7.95. The molecule has 150 valence electrons. The number of carbonyl (C=O) groups is 2. The summed E-state index contributed by atoms with van der Waals surface area (Å²) in [6.07, 6.45) is 0. The highest BCUT2D eigenvalue weighted by molar-refractivity contribution is 5.96. The van der Waals surface area contributed by atoms with Gasteiger partial charge in [-0.3, -0.25) is 9.69 Å². The van der Waals surface area contributed by atoms with Crippen molar-refractivity contribution in [2.75, 3.05) is 31.1 Å². The van der Waals surface area contributed by atoms with Crippen LogP contribution in [0, 0.1) is 12.7 Å². The maximum absolute atomic E-state index is 14.0. The van der Waals surface area contributed by atoms with Gasteiger partial charge >= 0.3 is 6.03 Å². The fourth-order valence-corrected chi connectivity index (χ4v) is 3.81. The Morgan fingerprint density at radius 3 is 2.69 bits per heavy atom. The van der Waals surface area contributed by atoms with E-state index in [1.54, 1.807) is 18.2 Å². The molecule has 1 fully saturated rings. The van der Waals surface area contributed by atoms with Crippen LogP contribution in [0.3, 0.4) is 0 Å². The first kappa shape index (κ1) is 19.0. The predicted octanol–water partition coefficient (Wildman–Crippen LogP) is 3.15. The van der Waals surface area contributed by atoms with E-state index in [0.717, 1.165) is 11.2 Å². The standard InChI is InChI=1S/C22H23FN4O2/c1-16-14-17-6-2-4-8-19(17)26(16)11-10-24-21(28)15-25-12-13-27(22(25)29)20-9-5-3-7-18(20)23/h2-9,14H,10-13,15H2,1H3,(H,24,28). The molecule has 0 atom stereocenters. The molecule has 4 rings (SSSR count). The molecule has 0 aliphatic carbocycles. The van der Waals surface area contributed by atoms with Gasteiger partial charge in [0.2, 0.25) is 5.91 Å². The Balaban J connectivity index is 1.32. The number of carbonyl (C=O) groups excluding carboxylic acids is 2. The summed E-state index contributed by atoms with van der Waals surface area (Å²) in [6.45, 7) is 3.89. The van der Waals surface area contributed by atoms with Crippen LogP contribution in [0.4, 0.5) is 14.9 Å². The largest absolute Gasteiger partial charge is 0.353 e. The molecule has 2 heterocycles. The van der Waals surface area contributed by atoms with Gasteiger partial charge < -0.3 is 14.8 Å². The first-order chi connectivity index (χ1) is 14.0. The van der Waals surface area contributed by atoms with Crippen LogP contribution in [-0.4, -0.2) is 47.6 Å². The van der Waals surface area contributed by atoms with Crippen LogP contribution in [-0.2, 0) is 11.3 Å². The minimum Gasteiger partial charge on any atom is -0.353 e. The van der Waals surface area contributed by atoms with Crippen molar-refractivity contribution in [2.45, 2.75) is 13.5 Å². The van der Waals surface area contributed by atoms with Crippen LogP contribution >= 0.6 is 0 Å². The molecule has 6 nitrogen and oxygen atoms in total. The maximum atomic E-state index is 14.0. The summed E-state index contributed by atoms with van der Waals surface area (Å²) >= 11 is 0. The first-order valence-corrected chi connectivity index (χ1v) is 9.67. The number of amides is 3. The second-order valence-electron chi connectivity index (χ2n) is 7.15. The zero-order chi connectivity index (χ0) is 20.4. The Labute approximate surface area is 168 Å². The molecular weight excluding hydrogens is 371 g/mol. The van der Waals surface area contributed by atoms with Crippen molar-refractivity contribution in [3.05, 3.63) is 66.1 Å². The SMILES string of the molecule is Cc1cc2ccccc2n1CCNC(=O)CN1CCN(c2ccccc2F)C1=O. The zero-order valence-electron chi connectivity index (χ0n) is 16.3. The van der Waals surface area contributed by atoms with Crippen LogP contribution in [0.2, 0.25) is 0 Å². The average Bonchev–Trinajstić information content (AvgIpc) is 3.22. The summed E-state index contributed by atoms with van der Waals surface area (Å²) < 4.78 is 16.1. The molecule has 29 heavy (non-hydrogen) atoms. The molecule has 1 N–H and O–H groups in total. The number of anilines is 1. The molecule has 3 aromatic rings. The van der Waals surface area contributed by atoms with Crippen LogP contribution in [0.25, 0.3) is 10.9 Å². The molecule has 7 heteroatoms. The number of nitrogens with one attached hydrogen (secondary N) is 1. The summed E-state index contributed by atoms with van der Waals surface area (Å²) in [5.74, 6) is -0.663. The fourth-order valence-electron chi connectivity index (χ4n) is 3.81. The van der Waals surface area contributed by atoms with Crippen LogP contribution in [0.15, 0.2) is 54.6 Å². The number of halogens is 1. The fraction of sp³-hybridized carbons (Fsp3) is 0.273. The predicted molar refractivity (Wildman–Crippen MR) is 110 cm³/mol. The van der Waals surface area contributed by atoms with Gasteiger partial charge in [-0.15, -0.1) is 0 Å². The summed E-state index contributed by atoms with van der Waals surface area (Å²) in [5.41, 5.74) is 2.51. The molecule has 0 unspecified atom stereocenters. The van der Waals surface area contributed by atoms with Gasteiger partial charge in [-0.25, -0.2) is 9.18 Å². The summed E-state index contributed by atoms with van der Waals surface area (Å²) in [4.78, 5) is 27.7. The number of fused-ring (bicyclic) bond motifs is 1. The number of hydrogen-bond acceptors (Lipinski definition) is 2. The number of rotatable bonds is 6. The van der Waals surface area contributed by atoms with Crippen molar-refractivity contribution in [3.63, 3.8) is 0 Å². The Morgan fingerprint density at radius 2 is 1.86 bits per heavy atom. The molecule has 0 saturated carbocycles. The molecule has 0 bridgehead atoms. The Bertz CT molecular complexity index is 1060. The number of aromatic nitrogens is 1. The second-order valence-corrected chi connectivity index (χ2v) is 7.15. The molecule has 2 aromatic carbocycles. The lowest BCUT2D eigenvalue weighted by molar-refractivity contribution is -0.121. The molecule has 0 radical (unpaired) electrons. The highest BCUT2D eigenvalue weighted by Gasteiger charge is 2.32. The quantitative estimate of drug-likeness (QED) is 0.698. The normalized spacial score (nSPS) is 14.1. The van der Waals surface area contributed by atoms with Crippen molar-refractivity contribution < 1.29 is 14.0 Å². The van der Waals surface area contributed by atoms with Crippen molar-refractivity contribution >= 4 is 28.5 Å². The van der Waals surface area contributed by atoms with Crippen LogP contribution in [0.1, 0.15) is 5.69 Å². The Hall–Kier alpha value is -3.35. The lowest BCUT2D eigenvalue weighted by atomic mass is 10.2. The molecule has 1 aliphatic rings. The van der Waals surface area contributed by atoms with E-state index in [-0.39, 0.29) is 24.2 Å². The smallest absolute Gasteiger partial charge is 0.325 e. The van der Waals surface area contributed by atoms with Gasteiger partial charge in [-0.05, 0) is 36.6 Å². The van der Waals surface area contributed by atoms with E-state index in [1.807, 2.05) is 19.1 Å². The first-order valence-electron chi connectivity index (χ1n) is 9.67.